The SMILES string of the molecule is CNC(=O)c1csc(N2CCC(SC3=C(C(=O)[O-])N4C(=O)[C@H]([C@@H](C)O)[C@H]4[C@H]3C)CC2)n1.[Na+]. The Balaban J connectivity index is 0.00000289. The molecule has 4 heterocycles. The molecule has 0 spiro atoms. The first kappa shape index (κ1) is 25.5. The predicted molar refractivity (Wildman–Crippen MR) is 115 cm³/mol. The van der Waals surface area contributed by atoms with Crippen LogP contribution in [0.2, 0.25) is 0 Å². The van der Waals surface area contributed by atoms with Crippen LogP contribution in [0.3, 0.4) is 0 Å². The van der Waals surface area contributed by atoms with Crippen molar-refractivity contribution in [3.05, 3.63) is 21.7 Å². The molecule has 3 aliphatic rings. The second-order valence-corrected chi connectivity index (χ2v) is 10.3. The average molecular weight is 489 g/mol. The number of carbonyl (C=O) groups is 3. The van der Waals surface area contributed by atoms with E-state index in [1.165, 1.54) is 28.0 Å². The fourth-order valence-corrected chi connectivity index (χ4v) is 6.97. The number of anilines is 1. The molecule has 2 amide bonds. The van der Waals surface area contributed by atoms with E-state index in [0.717, 1.165) is 31.1 Å². The zero-order valence-electron chi connectivity index (χ0n) is 18.5. The summed E-state index contributed by atoms with van der Waals surface area (Å²) in [5.41, 5.74) is 0.381. The second-order valence-electron chi connectivity index (χ2n) is 8.15. The number of hydrogen-bond donors (Lipinski definition) is 2. The van der Waals surface area contributed by atoms with Crippen LogP contribution in [0.1, 0.15) is 37.2 Å². The van der Waals surface area contributed by atoms with Gasteiger partial charge in [-0.1, -0.05) is 6.92 Å². The monoisotopic (exact) mass is 488 g/mol. The summed E-state index contributed by atoms with van der Waals surface area (Å²) in [4.78, 5) is 44.5. The van der Waals surface area contributed by atoms with E-state index in [0.29, 0.717) is 10.6 Å². The number of aliphatic hydroxyl groups is 1. The van der Waals surface area contributed by atoms with Crippen molar-refractivity contribution in [3.63, 3.8) is 0 Å². The molecule has 12 heteroatoms. The van der Waals surface area contributed by atoms with Gasteiger partial charge in [-0.25, -0.2) is 4.98 Å². The molecule has 3 aliphatic heterocycles. The van der Waals surface area contributed by atoms with Gasteiger partial charge in [0.1, 0.15) is 5.69 Å². The van der Waals surface area contributed by atoms with Crippen LogP contribution in [0, 0.1) is 11.8 Å². The van der Waals surface area contributed by atoms with E-state index in [1.807, 2.05) is 6.92 Å². The van der Waals surface area contributed by atoms with Crippen LogP contribution in [-0.2, 0) is 9.59 Å². The minimum absolute atomic E-state index is 0. The summed E-state index contributed by atoms with van der Waals surface area (Å²) in [6, 6.07) is -0.318. The minimum Gasteiger partial charge on any atom is -0.543 e. The molecule has 2 N–H and O–H groups in total. The molecule has 0 radical (unpaired) electrons. The molecule has 2 saturated heterocycles. The minimum atomic E-state index is -1.34. The van der Waals surface area contributed by atoms with Crippen LogP contribution in [0.25, 0.3) is 0 Å². The second kappa shape index (κ2) is 10.0. The number of fused-ring (bicyclic) bond motifs is 1. The summed E-state index contributed by atoms with van der Waals surface area (Å²) < 4.78 is 0. The third kappa shape index (κ3) is 4.35. The van der Waals surface area contributed by atoms with E-state index >= 15 is 0 Å². The van der Waals surface area contributed by atoms with E-state index < -0.39 is 18.0 Å². The van der Waals surface area contributed by atoms with Crippen molar-refractivity contribution in [1.82, 2.24) is 15.2 Å². The Morgan fingerprint density at radius 1 is 1.38 bits per heavy atom. The first-order valence-electron chi connectivity index (χ1n) is 10.3. The largest absolute Gasteiger partial charge is 1.00 e. The first-order chi connectivity index (χ1) is 14.7. The van der Waals surface area contributed by atoms with Crippen molar-refractivity contribution in [1.29, 1.82) is 0 Å². The molecule has 1 aromatic heterocycles. The van der Waals surface area contributed by atoms with Crippen molar-refractivity contribution in [2.75, 3.05) is 25.0 Å². The van der Waals surface area contributed by atoms with Gasteiger partial charge >= 0.3 is 29.6 Å². The molecule has 2 fully saturated rings. The Labute approximate surface area is 216 Å². The molecule has 32 heavy (non-hydrogen) atoms. The van der Waals surface area contributed by atoms with Crippen LogP contribution in [0.4, 0.5) is 5.13 Å². The maximum atomic E-state index is 12.4. The molecular weight excluding hydrogens is 463 g/mol. The number of aliphatic hydroxyl groups excluding tert-OH is 1. The van der Waals surface area contributed by atoms with E-state index in [9.17, 15) is 24.6 Å². The van der Waals surface area contributed by atoms with Gasteiger partial charge in [-0.3, -0.25) is 9.59 Å². The van der Waals surface area contributed by atoms with E-state index in [1.54, 1.807) is 19.4 Å². The summed E-state index contributed by atoms with van der Waals surface area (Å²) in [5, 5.41) is 27.1. The number of aliphatic carboxylic acids is 1. The standard InChI is InChI=1S/C20H26N4O5S2.Na/c1-9-14-13(10(2)25)18(27)24(14)15(19(28)29)16(9)31-11-4-6-23(7-5-11)20-22-12(8-30-20)17(26)21-3;/h8-11,13-14,25H,4-7H2,1-3H3,(H,21,26)(H,28,29);/q;+1/p-1/t9-,10-,13-,14-;/m1./s1. The van der Waals surface area contributed by atoms with Crippen molar-refractivity contribution in [2.24, 2.45) is 11.8 Å². The summed E-state index contributed by atoms with van der Waals surface area (Å²) >= 11 is 2.96. The Morgan fingerprint density at radius 3 is 2.59 bits per heavy atom. The normalized spacial score (nSPS) is 26.4. The summed E-state index contributed by atoms with van der Waals surface area (Å²) in [6.07, 6.45) is 0.841. The van der Waals surface area contributed by atoms with Gasteiger partial charge in [-0.05, 0) is 19.8 Å². The summed E-state index contributed by atoms with van der Waals surface area (Å²) in [7, 11) is 1.57. The maximum Gasteiger partial charge on any atom is 1.00 e. The molecule has 168 valence electrons. The number of carboxylic acids is 1. The molecule has 9 nitrogen and oxygen atoms in total. The fourth-order valence-electron chi connectivity index (χ4n) is 4.66. The third-order valence-electron chi connectivity index (χ3n) is 6.26. The van der Waals surface area contributed by atoms with Crippen molar-refractivity contribution in [3.8, 4) is 0 Å². The zero-order chi connectivity index (χ0) is 22.4. The third-order valence-corrected chi connectivity index (χ3v) is 8.78. The van der Waals surface area contributed by atoms with E-state index in [4.69, 9.17) is 0 Å². The van der Waals surface area contributed by atoms with Crippen LogP contribution >= 0.6 is 23.1 Å². The molecule has 4 rings (SSSR count). The van der Waals surface area contributed by atoms with Crippen molar-refractivity contribution >= 4 is 46.0 Å². The number of thioether (sulfide) groups is 1. The topological polar surface area (TPSA) is 126 Å². The Kier molecular flexibility index (Phi) is 7.99. The van der Waals surface area contributed by atoms with Crippen molar-refractivity contribution in [2.45, 2.75) is 44.1 Å². The summed E-state index contributed by atoms with van der Waals surface area (Å²) in [5.74, 6) is -2.60. The fraction of sp³-hybridized carbons (Fsp3) is 0.600. The van der Waals surface area contributed by atoms with Crippen LogP contribution in [0.15, 0.2) is 16.0 Å². The number of carboxylic acid groups (broad SMARTS) is 1. The van der Waals surface area contributed by atoms with Gasteiger partial charge in [-0.15, -0.1) is 23.1 Å². The molecule has 0 aromatic carbocycles. The smallest absolute Gasteiger partial charge is 0.543 e. The molecule has 4 atom stereocenters. The van der Waals surface area contributed by atoms with Gasteiger partial charge in [-0.2, -0.15) is 0 Å². The number of nitrogens with zero attached hydrogens (tertiary/aromatic N) is 3. The van der Waals surface area contributed by atoms with E-state index in [2.05, 4.69) is 15.2 Å². The number of rotatable bonds is 6. The van der Waals surface area contributed by atoms with Gasteiger partial charge in [0, 0.05) is 41.6 Å². The molecule has 1 aromatic rings. The first-order valence-corrected chi connectivity index (χ1v) is 12.1. The molecular formula is C20H25N4NaO5S2. The number of nitrogens with one attached hydrogen (secondary N) is 1. The predicted octanol–water partition coefficient (Wildman–Crippen LogP) is -2.97. The average Bonchev–Trinajstić information content (AvgIpc) is 3.31. The Bertz CT molecular complexity index is 944. The Morgan fingerprint density at radius 2 is 2.03 bits per heavy atom. The van der Waals surface area contributed by atoms with E-state index in [-0.39, 0.29) is 64.3 Å². The van der Waals surface area contributed by atoms with Crippen molar-refractivity contribution < 1.29 is 54.2 Å². The molecule has 0 unspecified atom stereocenters. The van der Waals surface area contributed by atoms with Gasteiger partial charge in [0.05, 0.1) is 29.7 Å². The van der Waals surface area contributed by atoms with Gasteiger partial charge < -0.3 is 30.1 Å². The van der Waals surface area contributed by atoms with Gasteiger partial charge in [0.2, 0.25) is 5.91 Å². The number of β-lactam (4-membered cyclic amide) rings is 1. The number of amides is 2. The molecule has 0 saturated carbocycles. The van der Waals surface area contributed by atoms with Crippen LogP contribution < -0.4 is 44.9 Å². The quantitative estimate of drug-likeness (QED) is 0.321. The number of aromatic nitrogens is 1. The van der Waals surface area contributed by atoms with Crippen LogP contribution in [0.5, 0.6) is 0 Å². The number of piperidine rings is 1. The number of carbonyl (C=O) groups excluding carboxylic acids is 3. The Hall–Kier alpha value is -1.11. The number of hydrogen-bond acceptors (Lipinski definition) is 9. The summed E-state index contributed by atoms with van der Waals surface area (Å²) in [6.45, 7) is 5.00. The number of thiazole rings is 1. The molecule has 0 bridgehead atoms. The van der Waals surface area contributed by atoms with Gasteiger partial charge in [0.15, 0.2) is 5.13 Å². The maximum absolute atomic E-state index is 12.4. The van der Waals surface area contributed by atoms with Gasteiger partial charge in [0.25, 0.3) is 5.91 Å². The zero-order valence-corrected chi connectivity index (χ0v) is 22.2. The molecule has 0 aliphatic carbocycles. The van der Waals surface area contributed by atoms with Crippen LogP contribution in [-0.4, -0.2) is 70.3 Å².